The number of halogens is 3. The molecule has 10 heteroatoms. The van der Waals surface area contributed by atoms with E-state index in [1.807, 2.05) is 0 Å². The maximum absolute atomic E-state index is 13.3. The van der Waals surface area contributed by atoms with Crippen LogP contribution < -0.4 is 15.4 Å². The first-order valence-corrected chi connectivity index (χ1v) is 15.7. The van der Waals surface area contributed by atoms with Gasteiger partial charge in [0.25, 0.3) is 0 Å². The smallest absolute Gasteiger partial charge is 0.349 e. The van der Waals surface area contributed by atoms with Crippen LogP contribution in [0.4, 0.5) is 13.2 Å². The van der Waals surface area contributed by atoms with Crippen molar-refractivity contribution in [1.82, 2.24) is 15.4 Å². The van der Waals surface area contributed by atoms with Gasteiger partial charge in [-0.05, 0) is 79.1 Å². The molecule has 0 spiro atoms. The monoisotopic (exact) mass is 601 g/mol. The first-order chi connectivity index (χ1) is 19.8. The molecule has 0 aliphatic heterocycles. The molecule has 0 aromatic heterocycles. The van der Waals surface area contributed by atoms with Gasteiger partial charge in [-0.25, -0.2) is 13.1 Å². The van der Waals surface area contributed by atoms with E-state index in [2.05, 4.69) is 54.3 Å². The predicted molar refractivity (Wildman–Crippen MR) is 157 cm³/mol. The van der Waals surface area contributed by atoms with E-state index in [1.165, 1.54) is 11.1 Å². The minimum Gasteiger partial charge on any atom is -0.349 e. The Morgan fingerprint density at radius 3 is 2.38 bits per heavy atom. The molecular formula is C32H38F3N3O3S. The van der Waals surface area contributed by atoms with Crippen molar-refractivity contribution in [3.63, 3.8) is 0 Å². The number of carbonyl (C=O) groups is 1. The number of nitrogens with one attached hydrogen (secondary N) is 3. The molecule has 0 saturated heterocycles. The molecule has 0 bridgehead atoms. The first-order valence-electron chi connectivity index (χ1n) is 14.2. The topological polar surface area (TPSA) is 87.3 Å². The van der Waals surface area contributed by atoms with E-state index >= 15 is 0 Å². The van der Waals surface area contributed by atoms with Crippen LogP contribution in [0, 0.1) is 5.92 Å². The van der Waals surface area contributed by atoms with E-state index < -0.39 is 32.7 Å². The van der Waals surface area contributed by atoms with Gasteiger partial charge in [0, 0.05) is 12.5 Å². The molecule has 1 unspecified atom stereocenters. The fourth-order valence-electron chi connectivity index (χ4n) is 5.23. The molecule has 1 amide bonds. The summed E-state index contributed by atoms with van der Waals surface area (Å²) in [5, 5.41) is 6.63. The number of aryl methyl sites for hydroxylation is 1. The van der Waals surface area contributed by atoms with Crippen LogP contribution in [-0.2, 0) is 27.4 Å². The zero-order valence-electron chi connectivity index (χ0n) is 24.0. The summed E-state index contributed by atoms with van der Waals surface area (Å²) in [4.78, 5) is 12.8. The molecule has 3 atom stereocenters. The van der Waals surface area contributed by atoms with E-state index in [0.29, 0.717) is 17.5 Å². The van der Waals surface area contributed by atoms with Gasteiger partial charge in [0.2, 0.25) is 15.9 Å². The third-order valence-corrected chi connectivity index (χ3v) is 8.98. The van der Waals surface area contributed by atoms with Gasteiger partial charge in [0.15, 0.2) is 0 Å². The normalized spacial score (nSPS) is 17.0. The highest BCUT2D eigenvalue weighted by Gasteiger charge is 2.33. The minimum atomic E-state index is -4.69. The summed E-state index contributed by atoms with van der Waals surface area (Å²) in [5.74, 6) is 0.184. The van der Waals surface area contributed by atoms with Crippen molar-refractivity contribution in [3.8, 4) is 0 Å². The Balaban J connectivity index is 1.51. The summed E-state index contributed by atoms with van der Waals surface area (Å²) < 4.78 is 68.6. The van der Waals surface area contributed by atoms with Crippen molar-refractivity contribution in [3.05, 3.63) is 101 Å². The van der Waals surface area contributed by atoms with E-state index in [1.54, 1.807) is 30.3 Å². The molecule has 0 fully saturated rings. The number of fused-ring (bicyclic) bond motifs is 1. The van der Waals surface area contributed by atoms with Crippen LogP contribution in [0.15, 0.2) is 77.7 Å². The lowest BCUT2D eigenvalue weighted by atomic mass is 9.85. The highest BCUT2D eigenvalue weighted by atomic mass is 32.2. The van der Waals surface area contributed by atoms with Crippen LogP contribution in [0.5, 0.6) is 0 Å². The molecule has 6 nitrogen and oxygen atoms in total. The lowest BCUT2D eigenvalue weighted by molar-refractivity contribution is -0.137. The Bertz CT molecular complexity index is 1480. The zero-order chi connectivity index (χ0) is 30.5. The average Bonchev–Trinajstić information content (AvgIpc) is 2.95. The molecule has 226 valence electrons. The first kappa shape index (κ1) is 31.7. The van der Waals surface area contributed by atoms with Crippen molar-refractivity contribution in [2.45, 2.75) is 75.7 Å². The highest BCUT2D eigenvalue weighted by molar-refractivity contribution is 7.89. The van der Waals surface area contributed by atoms with Crippen LogP contribution in [0.1, 0.15) is 86.0 Å². The van der Waals surface area contributed by atoms with Crippen LogP contribution >= 0.6 is 0 Å². The summed E-state index contributed by atoms with van der Waals surface area (Å²) in [7, 11) is -4.38. The predicted octanol–water partition coefficient (Wildman–Crippen LogP) is 6.62. The van der Waals surface area contributed by atoms with Crippen molar-refractivity contribution in [2.75, 3.05) is 6.54 Å². The van der Waals surface area contributed by atoms with Crippen LogP contribution in [0.25, 0.3) is 0 Å². The molecule has 4 rings (SSSR count). The van der Waals surface area contributed by atoms with Gasteiger partial charge in [0.1, 0.15) is 0 Å². The van der Waals surface area contributed by atoms with E-state index in [0.717, 1.165) is 49.6 Å². The van der Waals surface area contributed by atoms with Gasteiger partial charge in [-0.1, -0.05) is 68.4 Å². The van der Waals surface area contributed by atoms with Gasteiger partial charge in [-0.3, -0.25) is 4.79 Å². The highest BCUT2D eigenvalue weighted by Crippen LogP contribution is 2.33. The molecule has 0 radical (unpaired) electrons. The molecule has 1 aliphatic rings. The van der Waals surface area contributed by atoms with Gasteiger partial charge >= 0.3 is 6.18 Å². The number of hydrogen-bond acceptors (Lipinski definition) is 4. The van der Waals surface area contributed by atoms with Gasteiger partial charge in [-0.15, -0.1) is 0 Å². The molecule has 0 saturated carbocycles. The summed E-state index contributed by atoms with van der Waals surface area (Å²) in [6, 6.07) is 17.4. The zero-order valence-corrected chi connectivity index (χ0v) is 24.9. The number of benzene rings is 3. The number of alkyl halides is 3. The van der Waals surface area contributed by atoms with Gasteiger partial charge < -0.3 is 10.6 Å². The van der Waals surface area contributed by atoms with Gasteiger partial charge in [0.05, 0.1) is 22.5 Å². The van der Waals surface area contributed by atoms with Gasteiger partial charge in [-0.2, -0.15) is 13.2 Å². The van der Waals surface area contributed by atoms with Crippen LogP contribution in [0.3, 0.4) is 0 Å². The Morgan fingerprint density at radius 1 is 0.952 bits per heavy atom. The lowest BCUT2D eigenvalue weighted by Crippen LogP contribution is -2.36. The minimum absolute atomic E-state index is 0.198. The second kappa shape index (κ2) is 13.4. The molecular weight excluding hydrogens is 563 g/mol. The third kappa shape index (κ3) is 8.20. The maximum atomic E-state index is 13.3. The number of sulfonamides is 1. The van der Waals surface area contributed by atoms with Crippen LogP contribution in [-0.4, -0.2) is 20.9 Å². The fraction of sp³-hybridized carbons (Fsp3) is 0.406. The number of amides is 1. The summed E-state index contributed by atoms with van der Waals surface area (Å²) in [6.45, 7) is 7.38. The number of rotatable bonds is 11. The second-order valence-electron chi connectivity index (χ2n) is 11.3. The largest absolute Gasteiger partial charge is 0.416 e. The SMILES string of the molecule is CC(C)CNC(C)c1ccc2c(c1)CCC[C@H]2NC(=O)C[C@@H](NS(=O)(=O)c1cccc(C(F)(F)F)c1)c1ccccc1. The van der Waals surface area contributed by atoms with E-state index in [4.69, 9.17) is 0 Å². The van der Waals surface area contributed by atoms with E-state index in [-0.39, 0.29) is 24.4 Å². The Morgan fingerprint density at radius 2 is 1.69 bits per heavy atom. The van der Waals surface area contributed by atoms with Crippen molar-refractivity contribution < 1.29 is 26.4 Å². The molecule has 3 aromatic rings. The number of hydrogen-bond donors (Lipinski definition) is 3. The molecule has 3 aromatic carbocycles. The van der Waals surface area contributed by atoms with Crippen molar-refractivity contribution in [1.29, 1.82) is 0 Å². The Hall–Kier alpha value is -3.21. The summed E-state index contributed by atoms with van der Waals surface area (Å²) in [5.41, 5.74) is 2.89. The Labute approximate surface area is 246 Å². The molecule has 1 aliphatic carbocycles. The summed E-state index contributed by atoms with van der Waals surface area (Å²) in [6.07, 6.45) is -2.34. The maximum Gasteiger partial charge on any atom is 0.416 e. The summed E-state index contributed by atoms with van der Waals surface area (Å²) >= 11 is 0. The molecule has 0 heterocycles. The standard InChI is InChI=1S/C32H38F3N3O3S/c1-21(2)20-36-22(3)24-15-16-28-25(17-24)11-7-14-29(28)37-31(39)19-30(23-9-5-4-6-10-23)38-42(40,41)27-13-8-12-26(18-27)32(33,34)35/h4-6,8-10,12-13,15-18,21-22,29-30,36,38H,7,11,14,19-20H2,1-3H3,(H,37,39)/t22?,29-,30-/m1/s1. The number of carbonyl (C=O) groups excluding carboxylic acids is 1. The fourth-order valence-corrected chi connectivity index (χ4v) is 6.50. The van der Waals surface area contributed by atoms with E-state index in [9.17, 15) is 26.4 Å². The van der Waals surface area contributed by atoms with Crippen molar-refractivity contribution in [2.24, 2.45) is 5.92 Å². The average molecular weight is 602 g/mol. The molecule has 42 heavy (non-hydrogen) atoms. The molecule has 3 N–H and O–H groups in total. The Kier molecular flexibility index (Phi) is 10.1. The van der Waals surface area contributed by atoms with Crippen molar-refractivity contribution >= 4 is 15.9 Å². The van der Waals surface area contributed by atoms with Crippen LogP contribution in [0.2, 0.25) is 0 Å². The second-order valence-corrected chi connectivity index (χ2v) is 13.0. The third-order valence-electron chi connectivity index (χ3n) is 7.51. The quantitative estimate of drug-likeness (QED) is 0.231. The lowest BCUT2D eigenvalue weighted by Gasteiger charge is -2.29.